The Kier molecular flexibility index (Phi) is 4.85. The van der Waals surface area contributed by atoms with E-state index in [2.05, 4.69) is 27.3 Å². The van der Waals surface area contributed by atoms with E-state index in [-0.39, 0.29) is 10.4 Å². The van der Waals surface area contributed by atoms with Gasteiger partial charge in [0.25, 0.3) is 0 Å². The minimum atomic E-state index is -1.03. The van der Waals surface area contributed by atoms with Crippen LogP contribution < -0.4 is 5.32 Å². The van der Waals surface area contributed by atoms with Crippen molar-refractivity contribution >= 4 is 27.5 Å². The third-order valence-electron chi connectivity index (χ3n) is 3.03. The molecule has 1 aromatic carbocycles. The molecule has 0 saturated carbocycles. The zero-order valence-electron chi connectivity index (χ0n) is 10.3. The Hall–Kier alpha value is -1.41. The summed E-state index contributed by atoms with van der Waals surface area (Å²) in [6.07, 6.45) is 0.877. The lowest BCUT2D eigenvalue weighted by Gasteiger charge is -2.22. The van der Waals surface area contributed by atoms with Crippen molar-refractivity contribution in [3.63, 3.8) is 0 Å². The Bertz CT molecular complexity index is 492. The van der Waals surface area contributed by atoms with Crippen LogP contribution in [0.25, 0.3) is 0 Å². The average Bonchev–Trinajstić information content (AvgIpc) is 2.37. The first-order valence-corrected chi connectivity index (χ1v) is 6.46. The molecule has 0 aliphatic carbocycles. The molecule has 5 heteroatoms. The smallest absolute Gasteiger partial charge is 0.244 e. The second-order valence-corrected chi connectivity index (χ2v) is 4.84. The Balaban J connectivity index is 2.94. The van der Waals surface area contributed by atoms with E-state index in [1.54, 1.807) is 13.8 Å². The fourth-order valence-corrected chi connectivity index (χ4v) is 1.98. The Morgan fingerprint density at radius 1 is 1.50 bits per heavy atom. The van der Waals surface area contributed by atoms with Crippen LogP contribution in [0.4, 0.5) is 10.1 Å². The van der Waals surface area contributed by atoms with E-state index in [1.807, 2.05) is 0 Å². The molecule has 0 aliphatic heterocycles. The van der Waals surface area contributed by atoms with E-state index in [4.69, 9.17) is 5.26 Å². The maximum atomic E-state index is 13.1. The van der Waals surface area contributed by atoms with Crippen molar-refractivity contribution in [2.75, 3.05) is 5.32 Å². The first-order chi connectivity index (χ1) is 8.49. The number of amides is 1. The molecule has 1 amide bonds. The van der Waals surface area contributed by atoms with Gasteiger partial charge in [-0.2, -0.15) is 5.26 Å². The molecule has 1 aromatic rings. The summed E-state index contributed by atoms with van der Waals surface area (Å²) >= 11 is 3.05. The largest absolute Gasteiger partial charge is 0.325 e. The third-order valence-corrected chi connectivity index (χ3v) is 3.64. The number of nitrogens with one attached hydrogen (secondary N) is 1. The van der Waals surface area contributed by atoms with Crippen molar-refractivity contribution < 1.29 is 9.18 Å². The molecule has 0 aliphatic rings. The second-order valence-electron chi connectivity index (χ2n) is 3.98. The first kappa shape index (κ1) is 14.7. The number of hydrogen-bond acceptors (Lipinski definition) is 2. The van der Waals surface area contributed by atoms with Crippen LogP contribution in [0, 0.1) is 22.6 Å². The highest BCUT2D eigenvalue weighted by molar-refractivity contribution is 9.10. The van der Waals surface area contributed by atoms with Gasteiger partial charge < -0.3 is 5.32 Å². The number of anilines is 1. The number of nitriles is 1. The van der Waals surface area contributed by atoms with Gasteiger partial charge in [-0.25, -0.2) is 4.39 Å². The minimum Gasteiger partial charge on any atom is -0.325 e. The highest BCUT2D eigenvalue weighted by Gasteiger charge is 2.35. The summed E-state index contributed by atoms with van der Waals surface area (Å²) in [7, 11) is 0. The minimum absolute atomic E-state index is 0.274. The lowest BCUT2D eigenvalue weighted by atomic mass is 9.83. The van der Waals surface area contributed by atoms with Crippen LogP contribution in [0.15, 0.2) is 22.7 Å². The average molecular weight is 313 g/mol. The van der Waals surface area contributed by atoms with Gasteiger partial charge >= 0.3 is 0 Å². The standard InChI is InChI=1S/C13H14BrFN2O/c1-3-13(4-2,8-16)12(18)17-9-5-6-11(15)10(14)7-9/h5-7H,3-4H2,1-2H3,(H,17,18). The molecule has 0 atom stereocenters. The fraction of sp³-hybridized carbons (Fsp3) is 0.385. The fourth-order valence-electron chi connectivity index (χ4n) is 1.60. The van der Waals surface area contributed by atoms with Crippen LogP contribution in [0.3, 0.4) is 0 Å². The number of hydrogen-bond donors (Lipinski definition) is 1. The zero-order chi connectivity index (χ0) is 13.8. The first-order valence-electron chi connectivity index (χ1n) is 5.67. The van der Waals surface area contributed by atoms with E-state index in [0.29, 0.717) is 18.5 Å². The molecular formula is C13H14BrFN2O. The summed E-state index contributed by atoms with van der Waals surface area (Å²) in [5, 5.41) is 11.8. The molecule has 0 bridgehead atoms. The maximum absolute atomic E-state index is 13.1. The molecule has 96 valence electrons. The predicted octanol–water partition coefficient (Wildman–Crippen LogP) is 3.86. The molecule has 3 nitrogen and oxygen atoms in total. The van der Waals surface area contributed by atoms with Crippen molar-refractivity contribution in [1.82, 2.24) is 0 Å². The molecule has 0 fully saturated rings. The Morgan fingerprint density at radius 3 is 2.56 bits per heavy atom. The van der Waals surface area contributed by atoms with Crippen LogP contribution in [0.1, 0.15) is 26.7 Å². The zero-order valence-corrected chi connectivity index (χ0v) is 11.8. The number of nitrogens with zero attached hydrogens (tertiary/aromatic N) is 1. The number of benzene rings is 1. The SMILES string of the molecule is CCC(C#N)(CC)C(=O)Nc1ccc(F)c(Br)c1. The van der Waals surface area contributed by atoms with Gasteiger partial charge in [-0.15, -0.1) is 0 Å². The van der Waals surface area contributed by atoms with Crippen LogP contribution in [0.2, 0.25) is 0 Å². The lowest BCUT2D eigenvalue weighted by Crippen LogP contribution is -2.33. The van der Waals surface area contributed by atoms with Gasteiger partial charge in [0.1, 0.15) is 11.2 Å². The highest BCUT2D eigenvalue weighted by atomic mass is 79.9. The molecule has 0 spiro atoms. The van der Waals surface area contributed by atoms with Crippen molar-refractivity contribution in [1.29, 1.82) is 5.26 Å². The number of carbonyl (C=O) groups excluding carboxylic acids is 1. The van der Waals surface area contributed by atoms with E-state index in [9.17, 15) is 9.18 Å². The molecule has 0 aromatic heterocycles. The monoisotopic (exact) mass is 312 g/mol. The number of rotatable bonds is 4. The van der Waals surface area contributed by atoms with E-state index >= 15 is 0 Å². The molecule has 1 N–H and O–H groups in total. The molecule has 18 heavy (non-hydrogen) atoms. The van der Waals surface area contributed by atoms with Gasteiger partial charge in [0.15, 0.2) is 0 Å². The van der Waals surface area contributed by atoms with Crippen LogP contribution in [-0.4, -0.2) is 5.91 Å². The summed E-state index contributed by atoms with van der Waals surface area (Å²) in [5.41, 5.74) is -0.560. The van der Waals surface area contributed by atoms with Gasteiger partial charge in [0.2, 0.25) is 5.91 Å². The molecule has 1 rings (SSSR count). The van der Waals surface area contributed by atoms with Gasteiger partial charge in [0, 0.05) is 5.69 Å². The summed E-state index contributed by atoms with van der Waals surface area (Å²) in [4.78, 5) is 12.1. The summed E-state index contributed by atoms with van der Waals surface area (Å²) in [5.74, 6) is -0.751. The van der Waals surface area contributed by atoms with Crippen LogP contribution in [0.5, 0.6) is 0 Å². The van der Waals surface area contributed by atoms with Crippen molar-refractivity contribution in [3.05, 3.63) is 28.5 Å². The van der Waals surface area contributed by atoms with Crippen molar-refractivity contribution in [2.24, 2.45) is 5.41 Å². The van der Waals surface area contributed by atoms with E-state index in [1.165, 1.54) is 18.2 Å². The molecule has 0 radical (unpaired) electrons. The topological polar surface area (TPSA) is 52.9 Å². The molecular weight excluding hydrogens is 299 g/mol. The lowest BCUT2D eigenvalue weighted by molar-refractivity contribution is -0.123. The molecule has 0 saturated heterocycles. The summed E-state index contributed by atoms with van der Waals surface area (Å²) < 4.78 is 13.3. The third kappa shape index (κ3) is 2.88. The Labute approximate surface area is 114 Å². The van der Waals surface area contributed by atoms with Crippen LogP contribution in [-0.2, 0) is 4.79 Å². The van der Waals surface area contributed by atoms with Gasteiger partial charge in [-0.05, 0) is 47.0 Å². The quantitative estimate of drug-likeness (QED) is 0.918. The second kappa shape index (κ2) is 5.96. The van der Waals surface area contributed by atoms with Gasteiger partial charge in [-0.1, -0.05) is 13.8 Å². The van der Waals surface area contributed by atoms with Crippen molar-refractivity contribution in [2.45, 2.75) is 26.7 Å². The van der Waals surface area contributed by atoms with Gasteiger partial charge in [-0.3, -0.25) is 4.79 Å². The predicted molar refractivity (Wildman–Crippen MR) is 71.4 cm³/mol. The maximum Gasteiger partial charge on any atom is 0.244 e. The van der Waals surface area contributed by atoms with E-state index < -0.39 is 11.2 Å². The van der Waals surface area contributed by atoms with E-state index in [0.717, 1.165) is 0 Å². The molecule has 0 unspecified atom stereocenters. The number of carbonyl (C=O) groups is 1. The normalized spacial score (nSPS) is 10.8. The summed E-state index contributed by atoms with van der Waals surface area (Å²) in [6.45, 7) is 3.60. The highest BCUT2D eigenvalue weighted by Crippen LogP contribution is 2.28. The van der Waals surface area contributed by atoms with Crippen LogP contribution >= 0.6 is 15.9 Å². The Morgan fingerprint density at radius 2 is 2.11 bits per heavy atom. The van der Waals surface area contributed by atoms with Gasteiger partial charge in [0.05, 0.1) is 10.5 Å². The molecule has 0 heterocycles. The number of halogens is 2. The van der Waals surface area contributed by atoms with Crippen molar-refractivity contribution in [3.8, 4) is 6.07 Å². The summed E-state index contributed by atoms with van der Waals surface area (Å²) in [6, 6.07) is 6.26.